The van der Waals surface area contributed by atoms with Gasteiger partial charge in [-0.3, -0.25) is 4.79 Å². The summed E-state index contributed by atoms with van der Waals surface area (Å²) in [5, 5.41) is 3.36. The van der Waals surface area contributed by atoms with Gasteiger partial charge in [0.05, 0.1) is 6.10 Å². The molecule has 2 saturated carbocycles. The maximum absolute atomic E-state index is 11.8. The van der Waals surface area contributed by atoms with Crippen LogP contribution < -0.4 is 11.1 Å². The molecule has 0 aromatic carbocycles. The van der Waals surface area contributed by atoms with Crippen LogP contribution in [-0.4, -0.2) is 30.2 Å². The number of nitrogens with one attached hydrogen (secondary N) is 1. The van der Waals surface area contributed by atoms with Crippen LogP contribution in [-0.2, 0) is 9.53 Å². The van der Waals surface area contributed by atoms with Gasteiger partial charge >= 0.3 is 0 Å². The van der Waals surface area contributed by atoms with E-state index in [2.05, 4.69) is 19.2 Å². The Balaban J connectivity index is 1.83. The van der Waals surface area contributed by atoms with Crippen LogP contribution in [0.25, 0.3) is 0 Å². The van der Waals surface area contributed by atoms with Crippen molar-refractivity contribution in [3.05, 3.63) is 0 Å². The van der Waals surface area contributed by atoms with Gasteiger partial charge in [0.1, 0.15) is 5.54 Å². The summed E-state index contributed by atoms with van der Waals surface area (Å²) in [4.78, 5) is 11.8. The van der Waals surface area contributed by atoms with Gasteiger partial charge in [-0.05, 0) is 45.4 Å². The third-order valence-electron chi connectivity index (χ3n) is 4.55. The summed E-state index contributed by atoms with van der Waals surface area (Å²) in [7, 11) is 0. The van der Waals surface area contributed by atoms with Crippen LogP contribution in [0.5, 0.6) is 0 Å². The van der Waals surface area contributed by atoms with Crippen molar-refractivity contribution in [3.63, 3.8) is 0 Å². The summed E-state index contributed by atoms with van der Waals surface area (Å²) in [5.74, 6) is 0.509. The molecular formula is C15H28N2O2. The summed E-state index contributed by atoms with van der Waals surface area (Å²) in [6, 6.07) is 0.265. The molecule has 0 aromatic rings. The predicted octanol–water partition coefficient (Wildman–Crippen LogP) is 1.97. The summed E-state index contributed by atoms with van der Waals surface area (Å²) >= 11 is 0. The van der Waals surface area contributed by atoms with Crippen molar-refractivity contribution in [1.29, 1.82) is 0 Å². The van der Waals surface area contributed by atoms with Crippen LogP contribution in [0.3, 0.4) is 0 Å². The molecule has 0 aromatic heterocycles. The standard InChI is InChI=1S/C15H28N2O2/c1-11(2)17-15(14(16)18)8-7-13(9-15)19-10-12-5-3-4-6-12/h11-13,17H,3-10H2,1-2H3,(H2,16,18). The summed E-state index contributed by atoms with van der Waals surface area (Å²) in [5.41, 5.74) is 5.06. The molecule has 0 saturated heterocycles. The van der Waals surface area contributed by atoms with Crippen molar-refractivity contribution in [3.8, 4) is 0 Å². The third-order valence-corrected chi connectivity index (χ3v) is 4.55. The number of carbonyl (C=O) groups is 1. The largest absolute Gasteiger partial charge is 0.378 e. The second-order valence-corrected chi connectivity index (χ2v) is 6.59. The highest BCUT2D eigenvalue weighted by Gasteiger charge is 2.44. The highest BCUT2D eigenvalue weighted by Crippen LogP contribution is 2.34. The number of rotatable bonds is 6. The molecule has 4 heteroatoms. The second-order valence-electron chi connectivity index (χ2n) is 6.59. The minimum Gasteiger partial charge on any atom is -0.378 e. The fraction of sp³-hybridized carbons (Fsp3) is 0.933. The van der Waals surface area contributed by atoms with Crippen molar-refractivity contribution in [1.82, 2.24) is 5.32 Å². The molecule has 2 aliphatic rings. The Hall–Kier alpha value is -0.610. The third kappa shape index (κ3) is 3.69. The van der Waals surface area contributed by atoms with Crippen molar-refractivity contribution in [2.45, 2.75) is 76.5 Å². The molecule has 2 unspecified atom stereocenters. The lowest BCUT2D eigenvalue weighted by atomic mass is 9.95. The highest BCUT2D eigenvalue weighted by atomic mass is 16.5. The number of carbonyl (C=O) groups excluding carboxylic acids is 1. The molecule has 0 aliphatic heterocycles. The first-order valence-electron chi connectivity index (χ1n) is 7.71. The Morgan fingerprint density at radius 1 is 1.37 bits per heavy atom. The molecule has 0 spiro atoms. The van der Waals surface area contributed by atoms with Crippen LogP contribution in [0.4, 0.5) is 0 Å². The smallest absolute Gasteiger partial charge is 0.237 e. The lowest BCUT2D eigenvalue weighted by molar-refractivity contribution is -0.125. The van der Waals surface area contributed by atoms with Crippen molar-refractivity contribution in [2.24, 2.45) is 11.7 Å². The van der Waals surface area contributed by atoms with E-state index in [-0.39, 0.29) is 18.1 Å². The van der Waals surface area contributed by atoms with Crippen molar-refractivity contribution in [2.75, 3.05) is 6.61 Å². The quantitative estimate of drug-likeness (QED) is 0.774. The number of hydrogen-bond donors (Lipinski definition) is 2. The number of amides is 1. The Kier molecular flexibility index (Phi) is 4.85. The zero-order valence-corrected chi connectivity index (χ0v) is 12.3. The van der Waals surface area contributed by atoms with Crippen LogP contribution in [0.1, 0.15) is 58.8 Å². The molecule has 0 radical (unpaired) electrons. The zero-order chi connectivity index (χ0) is 13.9. The first kappa shape index (κ1) is 14.8. The average molecular weight is 268 g/mol. The molecule has 3 N–H and O–H groups in total. The molecule has 2 fully saturated rings. The zero-order valence-electron chi connectivity index (χ0n) is 12.3. The fourth-order valence-electron chi connectivity index (χ4n) is 3.57. The van der Waals surface area contributed by atoms with E-state index in [9.17, 15) is 4.79 Å². The SMILES string of the molecule is CC(C)NC1(C(N)=O)CCC(OCC2CCCC2)C1. The van der Waals surface area contributed by atoms with Gasteiger partial charge in [0.15, 0.2) is 0 Å². The highest BCUT2D eigenvalue weighted by molar-refractivity contribution is 5.85. The van der Waals surface area contributed by atoms with Gasteiger partial charge in [0, 0.05) is 19.1 Å². The van der Waals surface area contributed by atoms with Crippen LogP contribution in [0.2, 0.25) is 0 Å². The maximum atomic E-state index is 11.8. The van der Waals surface area contributed by atoms with Gasteiger partial charge in [-0.25, -0.2) is 0 Å². The van der Waals surface area contributed by atoms with E-state index < -0.39 is 5.54 Å². The Labute approximate surface area is 116 Å². The number of nitrogens with two attached hydrogens (primary N) is 1. The van der Waals surface area contributed by atoms with E-state index in [1.165, 1.54) is 25.7 Å². The summed E-state index contributed by atoms with van der Waals surface area (Å²) in [6.45, 7) is 4.97. The lowest BCUT2D eigenvalue weighted by Crippen LogP contribution is -2.56. The molecule has 0 heterocycles. The predicted molar refractivity (Wildman–Crippen MR) is 75.7 cm³/mol. The molecule has 0 bridgehead atoms. The van der Waals surface area contributed by atoms with E-state index in [1.807, 2.05) is 0 Å². The summed E-state index contributed by atoms with van der Waals surface area (Å²) in [6.07, 6.45) is 7.96. The number of ether oxygens (including phenoxy) is 1. The second kappa shape index (κ2) is 6.23. The topological polar surface area (TPSA) is 64.3 Å². The van der Waals surface area contributed by atoms with E-state index in [0.717, 1.165) is 31.8 Å². The van der Waals surface area contributed by atoms with Gasteiger partial charge in [0.2, 0.25) is 5.91 Å². The molecule has 1 amide bonds. The van der Waals surface area contributed by atoms with Crippen molar-refractivity contribution >= 4 is 5.91 Å². The van der Waals surface area contributed by atoms with Gasteiger partial charge in [0.25, 0.3) is 0 Å². The van der Waals surface area contributed by atoms with E-state index in [4.69, 9.17) is 10.5 Å². The van der Waals surface area contributed by atoms with E-state index in [1.54, 1.807) is 0 Å². The lowest BCUT2D eigenvalue weighted by Gasteiger charge is -2.29. The van der Waals surface area contributed by atoms with Crippen LogP contribution in [0, 0.1) is 5.92 Å². The molecule has 2 aliphatic carbocycles. The molecule has 19 heavy (non-hydrogen) atoms. The summed E-state index contributed by atoms with van der Waals surface area (Å²) < 4.78 is 6.03. The van der Waals surface area contributed by atoms with Crippen molar-refractivity contribution < 1.29 is 9.53 Å². The molecular weight excluding hydrogens is 240 g/mol. The monoisotopic (exact) mass is 268 g/mol. The Morgan fingerprint density at radius 2 is 2.05 bits per heavy atom. The fourth-order valence-corrected chi connectivity index (χ4v) is 3.57. The Morgan fingerprint density at radius 3 is 2.63 bits per heavy atom. The molecule has 2 rings (SSSR count). The first-order chi connectivity index (χ1) is 9.02. The minimum atomic E-state index is -0.547. The molecule has 110 valence electrons. The minimum absolute atomic E-state index is 0.194. The van der Waals surface area contributed by atoms with Gasteiger partial charge in [-0.15, -0.1) is 0 Å². The number of hydrogen-bond acceptors (Lipinski definition) is 3. The van der Waals surface area contributed by atoms with Crippen LogP contribution >= 0.6 is 0 Å². The van der Waals surface area contributed by atoms with Gasteiger partial charge in [-0.1, -0.05) is 12.8 Å². The van der Waals surface area contributed by atoms with Crippen LogP contribution in [0.15, 0.2) is 0 Å². The Bertz CT molecular complexity index is 313. The first-order valence-corrected chi connectivity index (χ1v) is 7.71. The van der Waals surface area contributed by atoms with E-state index >= 15 is 0 Å². The van der Waals surface area contributed by atoms with Gasteiger partial charge in [-0.2, -0.15) is 0 Å². The molecule has 4 nitrogen and oxygen atoms in total. The van der Waals surface area contributed by atoms with Gasteiger partial charge < -0.3 is 15.8 Å². The number of primary amides is 1. The maximum Gasteiger partial charge on any atom is 0.237 e. The normalized spacial score (nSPS) is 32.3. The molecule has 2 atom stereocenters. The average Bonchev–Trinajstić information content (AvgIpc) is 2.95. The van der Waals surface area contributed by atoms with E-state index in [0.29, 0.717) is 0 Å².